The number of hydrogen-bond donors (Lipinski definition) is 0. The molecule has 0 aliphatic heterocycles. The Balaban J connectivity index is 0.947. The number of fused-ring (bicyclic) bond motifs is 3. The Labute approximate surface area is 418 Å². The first kappa shape index (κ1) is 43.4. The molecule has 0 aromatic heterocycles. The van der Waals surface area contributed by atoms with E-state index < -0.39 is 0 Å². The Morgan fingerprint density at radius 3 is 1.37 bits per heavy atom. The second kappa shape index (κ2) is 19.3. The average Bonchev–Trinajstić information content (AvgIpc) is 3.43. The van der Waals surface area contributed by atoms with Crippen LogP contribution < -0.4 is 19.6 Å². The first-order valence-corrected chi connectivity index (χ1v) is 24.8. The van der Waals surface area contributed by atoms with Gasteiger partial charge in [-0.3, -0.25) is 0 Å². The van der Waals surface area contributed by atoms with Crippen LogP contribution in [-0.2, 0) is 6.42 Å². The van der Waals surface area contributed by atoms with Crippen LogP contribution >= 0.6 is 0 Å². The van der Waals surface area contributed by atoms with E-state index in [9.17, 15) is 0 Å². The van der Waals surface area contributed by atoms with Gasteiger partial charge in [0, 0.05) is 74.2 Å². The minimum absolute atomic E-state index is 0.418. The maximum absolute atomic E-state index is 2.38. The molecule has 0 heterocycles. The number of para-hydroxylation sites is 3. The van der Waals surface area contributed by atoms with Crippen molar-refractivity contribution in [3.8, 4) is 0 Å². The summed E-state index contributed by atoms with van der Waals surface area (Å²) in [5.74, 6) is 0.963. The molecule has 0 bridgehead atoms. The van der Waals surface area contributed by atoms with Gasteiger partial charge in [0.05, 0.1) is 0 Å². The molecule has 71 heavy (non-hydrogen) atoms. The topological polar surface area (TPSA) is 13.0 Å². The zero-order valence-corrected chi connectivity index (χ0v) is 39.8. The van der Waals surface area contributed by atoms with Crippen LogP contribution in [0.2, 0.25) is 0 Å². The smallest absolute Gasteiger partial charge is 0.0468 e. The van der Waals surface area contributed by atoms with Crippen LogP contribution in [0.25, 0.3) is 16.8 Å². The van der Waals surface area contributed by atoms with Crippen molar-refractivity contribution in [3.05, 3.63) is 289 Å². The van der Waals surface area contributed by atoms with Gasteiger partial charge in [0.1, 0.15) is 0 Å². The first-order chi connectivity index (χ1) is 35.1. The second-order valence-corrected chi connectivity index (χ2v) is 18.7. The monoisotopic (exact) mass is 914 g/mol. The SMILES string of the molecule is CC1C=Cc2cc(N(c3ccccc3)c3ccc(N(c4ccc(N(C5=CCC6C=CC=CC6=C5)c5ccccc5)cc4)c4ccc(N(c5ccccc5)c5ccc6ccccc6c5)cc4)cc3)ccc2C1. The normalized spacial score (nSPS) is 15.6. The van der Waals surface area contributed by atoms with Crippen LogP contribution in [0.3, 0.4) is 0 Å². The molecule has 0 spiro atoms. The van der Waals surface area contributed by atoms with Crippen LogP contribution in [0.1, 0.15) is 24.5 Å². The Morgan fingerprint density at radius 1 is 0.366 bits per heavy atom. The van der Waals surface area contributed by atoms with Crippen LogP contribution in [0.4, 0.5) is 62.6 Å². The fourth-order valence-corrected chi connectivity index (χ4v) is 10.4. The summed E-state index contributed by atoms with van der Waals surface area (Å²) in [6.45, 7) is 2.29. The zero-order chi connectivity index (χ0) is 47.5. The molecule has 4 heteroatoms. The van der Waals surface area contributed by atoms with Crippen molar-refractivity contribution in [1.82, 2.24) is 0 Å². The summed E-state index contributed by atoms with van der Waals surface area (Å²) in [6.07, 6.45) is 20.3. The summed E-state index contributed by atoms with van der Waals surface area (Å²) in [6, 6.07) is 81.4. The largest absolute Gasteiger partial charge is 0.311 e. The minimum Gasteiger partial charge on any atom is -0.311 e. The lowest BCUT2D eigenvalue weighted by Crippen LogP contribution is -2.19. The van der Waals surface area contributed by atoms with Gasteiger partial charge in [-0.05, 0) is 186 Å². The van der Waals surface area contributed by atoms with E-state index in [4.69, 9.17) is 0 Å². The van der Waals surface area contributed by atoms with Crippen molar-refractivity contribution in [2.24, 2.45) is 11.8 Å². The van der Waals surface area contributed by atoms with Gasteiger partial charge in [-0.25, -0.2) is 0 Å². The van der Waals surface area contributed by atoms with E-state index in [1.807, 2.05) is 0 Å². The van der Waals surface area contributed by atoms with Gasteiger partial charge in [0.2, 0.25) is 0 Å². The molecule has 3 aliphatic rings. The van der Waals surface area contributed by atoms with Gasteiger partial charge in [-0.1, -0.05) is 140 Å². The molecule has 0 N–H and O–H groups in total. The Bertz CT molecular complexity index is 3480. The summed E-state index contributed by atoms with van der Waals surface area (Å²) in [5.41, 5.74) is 17.2. The lowest BCUT2D eigenvalue weighted by atomic mass is 9.87. The van der Waals surface area contributed by atoms with Gasteiger partial charge < -0.3 is 19.6 Å². The molecule has 0 fully saturated rings. The number of benzene rings is 9. The lowest BCUT2D eigenvalue weighted by molar-refractivity contribution is 0.717. The summed E-state index contributed by atoms with van der Waals surface area (Å²) in [4.78, 5) is 9.46. The van der Waals surface area contributed by atoms with Crippen LogP contribution in [0, 0.1) is 11.8 Å². The van der Waals surface area contributed by atoms with Crippen LogP contribution in [0.5, 0.6) is 0 Å². The summed E-state index contributed by atoms with van der Waals surface area (Å²) >= 11 is 0. The van der Waals surface area contributed by atoms with Gasteiger partial charge in [-0.15, -0.1) is 0 Å². The van der Waals surface area contributed by atoms with Crippen molar-refractivity contribution in [2.45, 2.75) is 19.8 Å². The third kappa shape index (κ3) is 8.88. The van der Waals surface area contributed by atoms with E-state index in [-0.39, 0.29) is 0 Å². The number of anilines is 11. The minimum atomic E-state index is 0.418. The molecule has 0 saturated carbocycles. The van der Waals surface area contributed by atoms with Crippen LogP contribution in [0.15, 0.2) is 278 Å². The molecule has 9 aromatic carbocycles. The molecule has 342 valence electrons. The van der Waals surface area contributed by atoms with E-state index in [0.717, 1.165) is 75.4 Å². The molecule has 4 nitrogen and oxygen atoms in total. The predicted octanol–water partition coefficient (Wildman–Crippen LogP) is 18.5. The Morgan fingerprint density at radius 2 is 0.803 bits per heavy atom. The molecule has 12 rings (SSSR count). The van der Waals surface area contributed by atoms with Gasteiger partial charge in [0.15, 0.2) is 0 Å². The van der Waals surface area contributed by atoms with Gasteiger partial charge in [-0.2, -0.15) is 0 Å². The van der Waals surface area contributed by atoms with Crippen LogP contribution in [-0.4, -0.2) is 0 Å². The zero-order valence-electron chi connectivity index (χ0n) is 39.8. The van der Waals surface area contributed by atoms with Crippen molar-refractivity contribution in [3.63, 3.8) is 0 Å². The van der Waals surface area contributed by atoms with Crippen molar-refractivity contribution < 1.29 is 0 Å². The maximum atomic E-state index is 2.38. The summed E-state index contributed by atoms with van der Waals surface area (Å²) in [5, 5.41) is 2.43. The van der Waals surface area contributed by atoms with Crippen molar-refractivity contribution in [1.29, 1.82) is 0 Å². The second-order valence-electron chi connectivity index (χ2n) is 18.7. The molecule has 3 aliphatic carbocycles. The van der Waals surface area contributed by atoms with Crippen molar-refractivity contribution in [2.75, 3.05) is 19.6 Å². The molecule has 2 unspecified atom stereocenters. The highest BCUT2D eigenvalue weighted by Gasteiger charge is 2.23. The molecule has 0 saturated heterocycles. The summed E-state index contributed by atoms with van der Waals surface area (Å²) in [7, 11) is 0. The maximum Gasteiger partial charge on any atom is 0.0468 e. The highest BCUT2D eigenvalue weighted by atomic mass is 15.2. The number of nitrogens with zero attached hydrogens (tertiary/aromatic N) is 4. The fraction of sp³-hybridized carbons (Fsp3) is 0.0746. The molecule has 0 radical (unpaired) electrons. The number of allylic oxidation sites excluding steroid dienone is 8. The molecule has 9 aromatic rings. The number of hydrogen-bond acceptors (Lipinski definition) is 4. The van der Waals surface area contributed by atoms with Gasteiger partial charge >= 0.3 is 0 Å². The van der Waals surface area contributed by atoms with E-state index in [1.165, 1.54) is 33.2 Å². The lowest BCUT2D eigenvalue weighted by Gasteiger charge is -2.32. The molecule has 0 amide bonds. The van der Waals surface area contributed by atoms with Gasteiger partial charge in [0.25, 0.3) is 0 Å². The van der Waals surface area contributed by atoms with Crippen molar-refractivity contribution >= 4 is 79.4 Å². The standard InChI is InChI=1S/C67H54N4/c1-49-25-26-55-48-67(32-29-54(55)45-49)71(58-23-9-4-10-24-58)64-43-37-61(38-44-64)68(59-33-39-62(40-34-59)69(56-19-5-2-6-20-56)65-30-27-50-15-11-13-17-52(50)46-65)60-35-41-63(42-36-60)70(57-21-7-3-8-22-57)66-31-28-51-16-12-14-18-53(51)47-66/h2-27,29-44,46-49,51H,28,45H2,1H3. The third-order valence-electron chi connectivity index (χ3n) is 14.0. The van der Waals surface area contributed by atoms with E-state index in [0.29, 0.717) is 11.8 Å². The Hall–Kier alpha value is -8.86. The highest BCUT2D eigenvalue weighted by Crippen LogP contribution is 2.44. The molecule has 2 atom stereocenters. The third-order valence-corrected chi connectivity index (χ3v) is 14.0. The Kier molecular flexibility index (Phi) is 11.8. The van der Waals surface area contributed by atoms with E-state index in [1.54, 1.807) is 0 Å². The fourth-order valence-electron chi connectivity index (χ4n) is 10.4. The van der Waals surface area contributed by atoms with E-state index in [2.05, 4.69) is 300 Å². The molecular weight excluding hydrogens is 861 g/mol. The highest BCUT2D eigenvalue weighted by molar-refractivity contribution is 5.90. The number of rotatable bonds is 12. The first-order valence-electron chi connectivity index (χ1n) is 24.8. The summed E-state index contributed by atoms with van der Waals surface area (Å²) < 4.78 is 0. The average molecular weight is 915 g/mol. The van der Waals surface area contributed by atoms with E-state index >= 15 is 0 Å². The molecular formula is C67H54N4. The predicted molar refractivity (Wildman–Crippen MR) is 301 cm³/mol. The quantitative estimate of drug-likeness (QED) is 0.121.